The molecule has 0 radical (unpaired) electrons. The molecular weight excluding hydrogens is 389 g/mol. The molecule has 4 rings (SSSR count). The maximum Gasteiger partial charge on any atom is 0.240 e. The Morgan fingerprint density at radius 2 is 1.52 bits per heavy atom. The molecule has 3 aromatic rings. The Balaban J connectivity index is 1.37. The van der Waals surface area contributed by atoms with Gasteiger partial charge in [0.15, 0.2) is 0 Å². The summed E-state index contributed by atoms with van der Waals surface area (Å²) in [4.78, 5) is 2.23. The van der Waals surface area contributed by atoms with Crippen molar-refractivity contribution in [3.05, 3.63) is 84.7 Å². The van der Waals surface area contributed by atoms with Crippen LogP contribution in [0.25, 0.3) is 0 Å². The van der Waals surface area contributed by atoms with Gasteiger partial charge >= 0.3 is 0 Å². The molecule has 3 aromatic carbocycles. The molecule has 1 unspecified atom stereocenters. The number of hydrogen-bond donors (Lipinski definition) is 2. The molecule has 0 aliphatic carbocycles. The monoisotopic (exact) mass is 411 g/mol. The van der Waals surface area contributed by atoms with Crippen molar-refractivity contribution in [3.63, 3.8) is 0 Å². The molecular formula is C22H22FN3O2S. The molecule has 0 bridgehead atoms. The second-order valence-corrected chi connectivity index (χ2v) is 8.76. The van der Waals surface area contributed by atoms with Crippen LogP contribution in [0.15, 0.2) is 83.8 Å². The lowest BCUT2D eigenvalue weighted by Crippen LogP contribution is -2.37. The molecule has 7 heteroatoms. The number of hydrogen-bond acceptors (Lipinski definition) is 4. The first-order valence-electron chi connectivity index (χ1n) is 9.45. The average Bonchev–Trinajstić information content (AvgIpc) is 3.17. The highest BCUT2D eigenvalue weighted by molar-refractivity contribution is 7.89. The van der Waals surface area contributed by atoms with E-state index in [9.17, 15) is 12.8 Å². The van der Waals surface area contributed by atoms with Gasteiger partial charge in [0.1, 0.15) is 5.82 Å². The summed E-state index contributed by atoms with van der Waals surface area (Å²) in [5.74, 6) is -0.457. The van der Waals surface area contributed by atoms with Crippen molar-refractivity contribution in [2.45, 2.75) is 17.4 Å². The Labute approximate surface area is 170 Å². The van der Waals surface area contributed by atoms with Crippen LogP contribution in [0, 0.1) is 5.82 Å². The summed E-state index contributed by atoms with van der Waals surface area (Å²) < 4.78 is 40.8. The van der Waals surface area contributed by atoms with Crippen molar-refractivity contribution >= 4 is 27.1 Å². The summed E-state index contributed by atoms with van der Waals surface area (Å²) in [6.07, 6.45) is 0.713. The van der Waals surface area contributed by atoms with Crippen LogP contribution in [0.5, 0.6) is 0 Å². The first kappa shape index (κ1) is 19.4. The van der Waals surface area contributed by atoms with E-state index in [0.717, 1.165) is 35.7 Å². The minimum Gasteiger partial charge on any atom is -0.370 e. The van der Waals surface area contributed by atoms with E-state index in [1.54, 1.807) is 0 Å². The fraction of sp³-hybridized carbons (Fsp3) is 0.182. The number of anilines is 3. The summed E-state index contributed by atoms with van der Waals surface area (Å²) in [6.45, 7) is 1.36. The van der Waals surface area contributed by atoms with Gasteiger partial charge < -0.3 is 10.2 Å². The van der Waals surface area contributed by atoms with Crippen molar-refractivity contribution in [1.29, 1.82) is 0 Å². The first-order chi connectivity index (χ1) is 14.0. The standard InChI is InChI=1S/C22H22FN3O2S/c23-17-6-12-22(13-7-17)29(27,28)25-20-14-15-26(16-20)21-10-8-19(9-11-21)24-18-4-2-1-3-5-18/h1-13,20,24-25H,14-16H2. The SMILES string of the molecule is O=S(=O)(NC1CCN(c2ccc(Nc3ccccc3)cc2)C1)c1ccc(F)cc1. The van der Waals surface area contributed by atoms with Crippen molar-refractivity contribution in [1.82, 2.24) is 4.72 Å². The Kier molecular flexibility index (Phi) is 5.51. The second kappa shape index (κ2) is 8.23. The third-order valence-electron chi connectivity index (χ3n) is 4.93. The predicted octanol–water partition coefficient (Wildman–Crippen LogP) is 4.13. The van der Waals surface area contributed by atoms with Gasteiger partial charge in [-0.05, 0) is 67.1 Å². The lowest BCUT2D eigenvalue weighted by atomic mass is 10.2. The van der Waals surface area contributed by atoms with Gasteiger partial charge in [-0.3, -0.25) is 0 Å². The van der Waals surface area contributed by atoms with Crippen LogP contribution >= 0.6 is 0 Å². The van der Waals surface area contributed by atoms with Gasteiger partial charge in [-0.15, -0.1) is 0 Å². The van der Waals surface area contributed by atoms with Crippen LogP contribution in [-0.4, -0.2) is 27.5 Å². The number of nitrogens with zero attached hydrogens (tertiary/aromatic N) is 1. The van der Waals surface area contributed by atoms with Crippen LogP contribution in [-0.2, 0) is 10.0 Å². The summed E-state index contributed by atoms with van der Waals surface area (Å²) >= 11 is 0. The lowest BCUT2D eigenvalue weighted by Gasteiger charge is -2.19. The highest BCUT2D eigenvalue weighted by Crippen LogP contribution is 2.25. The minimum atomic E-state index is -3.66. The van der Waals surface area contributed by atoms with Gasteiger partial charge in [-0.2, -0.15) is 0 Å². The van der Waals surface area contributed by atoms with Gasteiger partial charge in [0, 0.05) is 36.2 Å². The predicted molar refractivity (Wildman–Crippen MR) is 114 cm³/mol. The molecule has 1 aliphatic rings. The van der Waals surface area contributed by atoms with Crippen LogP contribution in [0.3, 0.4) is 0 Å². The molecule has 150 valence electrons. The van der Waals surface area contributed by atoms with Crippen LogP contribution in [0.4, 0.5) is 21.5 Å². The van der Waals surface area contributed by atoms with E-state index < -0.39 is 15.8 Å². The fourth-order valence-electron chi connectivity index (χ4n) is 3.44. The zero-order chi connectivity index (χ0) is 20.3. The van der Waals surface area contributed by atoms with Gasteiger partial charge in [-0.25, -0.2) is 17.5 Å². The Morgan fingerprint density at radius 3 is 2.21 bits per heavy atom. The van der Waals surface area contributed by atoms with E-state index in [1.165, 1.54) is 12.1 Å². The van der Waals surface area contributed by atoms with Gasteiger partial charge in [0.25, 0.3) is 0 Å². The average molecular weight is 412 g/mol. The molecule has 1 atom stereocenters. The molecule has 1 aliphatic heterocycles. The molecule has 1 saturated heterocycles. The number of halogens is 1. The summed E-state index contributed by atoms with van der Waals surface area (Å²) in [6, 6.07) is 22.7. The van der Waals surface area contributed by atoms with Crippen molar-refractivity contribution < 1.29 is 12.8 Å². The second-order valence-electron chi connectivity index (χ2n) is 7.04. The Bertz CT molecular complexity index is 1060. The molecule has 1 heterocycles. The maximum absolute atomic E-state index is 13.0. The lowest BCUT2D eigenvalue weighted by molar-refractivity contribution is 0.561. The Morgan fingerprint density at radius 1 is 0.862 bits per heavy atom. The molecule has 0 saturated carbocycles. The number of rotatable bonds is 6. The van der Waals surface area contributed by atoms with E-state index in [1.807, 2.05) is 54.6 Å². The van der Waals surface area contributed by atoms with E-state index in [4.69, 9.17) is 0 Å². The zero-order valence-corrected chi connectivity index (χ0v) is 16.6. The zero-order valence-electron chi connectivity index (χ0n) is 15.8. The van der Waals surface area contributed by atoms with Gasteiger partial charge in [0.05, 0.1) is 4.90 Å². The fourth-order valence-corrected chi connectivity index (χ4v) is 4.70. The highest BCUT2D eigenvalue weighted by atomic mass is 32.2. The summed E-state index contributed by atoms with van der Waals surface area (Å²) in [7, 11) is -3.66. The van der Waals surface area contributed by atoms with Crippen LogP contribution < -0.4 is 14.9 Å². The first-order valence-corrected chi connectivity index (χ1v) is 10.9. The third-order valence-corrected chi connectivity index (χ3v) is 6.47. The normalized spacial score (nSPS) is 16.7. The van der Waals surface area contributed by atoms with E-state index >= 15 is 0 Å². The van der Waals surface area contributed by atoms with Crippen LogP contribution in [0.2, 0.25) is 0 Å². The largest absolute Gasteiger partial charge is 0.370 e. The summed E-state index contributed by atoms with van der Waals surface area (Å²) in [5, 5.41) is 3.35. The number of para-hydroxylation sites is 1. The summed E-state index contributed by atoms with van der Waals surface area (Å²) in [5.41, 5.74) is 3.07. The van der Waals surface area contributed by atoms with Crippen molar-refractivity contribution in [3.8, 4) is 0 Å². The smallest absolute Gasteiger partial charge is 0.240 e. The van der Waals surface area contributed by atoms with E-state index in [-0.39, 0.29) is 10.9 Å². The maximum atomic E-state index is 13.0. The van der Waals surface area contributed by atoms with E-state index in [2.05, 4.69) is 14.9 Å². The number of sulfonamides is 1. The molecule has 0 aromatic heterocycles. The topological polar surface area (TPSA) is 61.4 Å². The molecule has 0 amide bonds. The van der Waals surface area contributed by atoms with Crippen LogP contribution in [0.1, 0.15) is 6.42 Å². The molecule has 2 N–H and O–H groups in total. The number of nitrogens with one attached hydrogen (secondary N) is 2. The Hall–Kier alpha value is -2.90. The third kappa shape index (κ3) is 4.75. The van der Waals surface area contributed by atoms with Gasteiger partial charge in [0.2, 0.25) is 10.0 Å². The van der Waals surface area contributed by atoms with Gasteiger partial charge in [-0.1, -0.05) is 18.2 Å². The molecule has 29 heavy (non-hydrogen) atoms. The molecule has 1 fully saturated rings. The highest BCUT2D eigenvalue weighted by Gasteiger charge is 2.27. The van der Waals surface area contributed by atoms with E-state index in [0.29, 0.717) is 13.0 Å². The minimum absolute atomic E-state index is 0.0775. The van der Waals surface area contributed by atoms with Crippen molar-refractivity contribution in [2.75, 3.05) is 23.3 Å². The quantitative estimate of drug-likeness (QED) is 0.640. The van der Waals surface area contributed by atoms with Crippen molar-refractivity contribution in [2.24, 2.45) is 0 Å². The number of benzene rings is 3. The molecule has 5 nitrogen and oxygen atoms in total. The molecule has 0 spiro atoms.